The van der Waals surface area contributed by atoms with Gasteiger partial charge in [0.05, 0.1) is 17.0 Å². The Hall–Kier alpha value is -2.37. The summed E-state index contributed by atoms with van der Waals surface area (Å²) in [6, 6.07) is 13.2. The normalized spacial score (nSPS) is 10.1. The molecule has 0 saturated heterocycles. The molecule has 2 rings (SSSR count). The molecule has 2 amide bonds. The molecular formula is C17H13Cl2NO4. The smallest absolute Gasteiger partial charge is 0.340 e. The van der Waals surface area contributed by atoms with Crippen molar-refractivity contribution in [1.29, 1.82) is 0 Å². The van der Waals surface area contributed by atoms with Gasteiger partial charge in [-0.2, -0.15) is 0 Å². The van der Waals surface area contributed by atoms with E-state index in [1.54, 1.807) is 24.3 Å². The Balaban J connectivity index is 1.82. The second-order valence-corrected chi connectivity index (χ2v) is 5.68. The van der Waals surface area contributed by atoms with Gasteiger partial charge >= 0.3 is 5.97 Å². The lowest BCUT2D eigenvalue weighted by molar-refractivity contribution is -0.132. The Morgan fingerprint density at radius 3 is 2.33 bits per heavy atom. The first-order valence-electron chi connectivity index (χ1n) is 6.94. The first kappa shape index (κ1) is 18.0. The number of halogens is 2. The first-order valence-corrected chi connectivity index (χ1v) is 7.70. The third kappa shape index (κ3) is 5.37. The highest BCUT2D eigenvalue weighted by atomic mass is 35.5. The highest BCUT2D eigenvalue weighted by molar-refractivity contribution is 6.36. The molecule has 24 heavy (non-hydrogen) atoms. The van der Waals surface area contributed by atoms with Gasteiger partial charge in [0.2, 0.25) is 5.91 Å². The van der Waals surface area contributed by atoms with Gasteiger partial charge in [-0.25, -0.2) is 4.79 Å². The Morgan fingerprint density at radius 1 is 0.958 bits per heavy atom. The van der Waals surface area contributed by atoms with E-state index in [0.717, 1.165) is 5.56 Å². The summed E-state index contributed by atoms with van der Waals surface area (Å²) in [7, 11) is 0. The molecular weight excluding hydrogens is 353 g/mol. The van der Waals surface area contributed by atoms with Crippen molar-refractivity contribution in [3.05, 3.63) is 69.7 Å². The monoisotopic (exact) mass is 365 g/mol. The molecule has 0 unspecified atom stereocenters. The highest BCUT2D eigenvalue weighted by Crippen LogP contribution is 2.21. The largest absolute Gasteiger partial charge is 0.452 e. The number of ether oxygens (including phenoxy) is 1. The number of carbonyl (C=O) groups is 3. The molecule has 0 aliphatic heterocycles. The van der Waals surface area contributed by atoms with Crippen LogP contribution in [0.3, 0.4) is 0 Å². The molecule has 0 saturated carbocycles. The summed E-state index contributed by atoms with van der Waals surface area (Å²) in [5.74, 6) is -1.97. The van der Waals surface area contributed by atoms with Crippen molar-refractivity contribution in [3.63, 3.8) is 0 Å². The first-order chi connectivity index (χ1) is 11.5. The van der Waals surface area contributed by atoms with E-state index in [4.69, 9.17) is 27.9 Å². The zero-order valence-electron chi connectivity index (χ0n) is 12.4. The van der Waals surface area contributed by atoms with Crippen LogP contribution in [0, 0.1) is 0 Å². The SMILES string of the molecule is O=C(COC(=O)c1ccc(Cl)cc1Cl)NC(=O)Cc1ccccc1. The number of amides is 2. The van der Waals surface area contributed by atoms with Crippen molar-refractivity contribution in [3.8, 4) is 0 Å². The van der Waals surface area contributed by atoms with Gasteiger partial charge < -0.3 is 4.74 Å². The second kappa shape index (κ2) is 8.47. The number of imide groups is 1. The van der Waals surface area contributed by atoms with Crippen molar-refractivity contribution < 1.29 is 19.1 Å². The molecule has 0 spiro atoms. The van der Waals surface area contributed by atoms with E-state index in [0.29, 0.717) is 5.02 Å². The number of hydrogen-bond donors (Lipinski definition) is 1. The van der Waals surface area contributed by atoms with E-state index in [-0.39, 0.29) is 17.0 Å². The molecule has 0 radical (unpaired) electrons. The highest BCUT2D eigenvalue weighted by Gasteiger charge is 2.15. The van der Waals surface area contributed by atoms with Crippen LogP contribution in [-0.2, 0) is 20.7 Å². The number of rotatable bonds is 5. The molecule has 0 aliphatic rings. The van der Waals surface area contributed by atoms with Crippen LogP contribution in [0.15, 0.2) is 48.5 Å². The van der Waals surface area contributed by atoms with Gasteiger partial charge in [0, 0.05) is 5.02 Å². The van der Waals surface area contributed by atoms with E-state index in [1.807, 2.05) is 6.07 Å². The minimum atomic E-state index is -0.776. The zero-order chi connectivity index (χ0) is 17.5. The molecule has 0 heterocycles. The van der Waals surface area contributed by atoms with Gasteiger partial charge in [-0.1, -0.05) is 53.5 Å². The number of benzene rings is 2. The third-order valence-corrected chi connectivity index (χ3v) is 3.52. The van der Waals surface area contributed by atoms with Gasteiger partial charge in [-0.15, -0.1) is 0 Å². The van der Waals surface area contributed by atoms with Gasteiger partial charge in [0.15, 0.2) is 6.61 Å². The lowest BCUT2D eigenvalue weighted by Gasteiger charge is -2.07. The third-order valence-electron chi connectivity index (χ3n) is 2.97. The number of nitrogens with one attached hydrogen (secondary N) is 1. The molecule has 0 fully saturated rings. The fraction of sp³-hybridized carbons (Fsp3) is 0.118. The summed E-state index contributed by atoms with van der Waals surface area (Å²) < 4.78 is 4.83. The summed E-state index contributed by atoms with van der Waals surface area (Å²) in [5.41, 5.74) is 0.859. The predicted octanol–water partition coefficient (Wildman–Crippen LogP) is 3.04. The molecule has 5 nitrogen and oxygen atoms in total. The van der Waals surface area contributed by atoms with Crippen LogP contribution in [-0.4, -0.2) is 24.4 Å². The lowest BCUT2D eigenvalue weighted by atomic mass is 10.1. The Kier molecular flexibility index (Phi) is 6.35. The number of hydrogen-bond acceptors (Lipinski definition) is 4. The molecule has 0 aromatic heterocycles. The van der Waals surface area contributed by atoms with Crippen LogP contribution in [0.2, 0.25) is 10.0 Å². The fourth-order valence-electron chi connectivity index (χ4n) is 1.88. The van der Waals surface area contributed by atoms with Crippen molar-refractivity contribution in [1.82, 2.24) is 5.32 Å². The molecule has 0 atom stereocenters. The topological polar surface area (TPSA) is 72.5 Å². The van der Waals surface area contributed by atoms with Crippen LogP contribution < -0.4 is 5.32 Å². The summed E-state index contributed by atoms with van der Waals surface area (Å²) in [6.07, 6.45) is 0.0591. The van der Waals surface area contributed by atoms with Crippen LogP contribution in [0.5, 0.6) is 0 Å². The molecule has 2 aromatic rings. The minimum Gasteiger partial charge on any atom is -0.452 e. The maximum Gasteiger partial charge on any atom is 0.340 e. The van der Waals surface area contributed by atoms with Crippen LogP contribution in [0.4, 0.5) is 0 Å². The van der Waals surface area contributed by atoms with E-state index < -0.39 is 24.4 Å². The van der Waals surface area contributed by atoms with Crippen LogP contribution >= 0.6 is 23.2 Å². The molecule has 1 N–H and O–H groups in total. The van der Waals surface area contributed by atoms with Crippen molar-refractivity contribution in [2.45, 2.75) is 6.42 Å². The Morgan fingerprint density at radius 2 is 1.67 bits per heavy atom. The maximum atomic E-state index is 11.8. The zero-order valence-corrected chi connectivity index (χ0v) is 13.9. The second-order valence-electron chi connectivity index (χ2n) is 4.83. The Bertz CT molecular complexity index is 762. The van der Waals surface area contributed by atoms with Gasteiger partial charge in [-0.3, -0.25) is 14.9 Å². The quantitative estimate of drug-likeness (QED) is 0.826. The van der Waals surface area contributed by atoms with E-state index in [2.05, 4.69) is 5.32 Å². The average Bonchev–Trinajstić information content (AvgIpc) is 2.53. The number of esters is 1. The summed E-state index contributed by atoms with van der Waals surface area (Å²) in [5, 5.41) is 2.64. The lowest BCUT2D eigenvalue weighted by Crippen LogP contribution is -2.35. The molecule has 7 heteroatoms. The van der Waals surface area contributed by atoms with Gasteiger partial charge in [0.25, 0.3) is 5.91 Å². The molecule has 0 aliphatic carbocycles. The summed E-state index contributed by atoms with van der Waals surface area (Å²) in [4.78, 5) is 35.2. The summed E-state index contributed by atoms with van der Waals surface area (Å²) in [6.45, 7) is -0.585. The van der Waals surface area contributed by atoms with Crippen LogP contribution in [0.1, 0.15) is 15.9 Å². The van der Waals surface area contributed by atoms with Gasteiger partial charge in [0.1, 0.15) is 0 Å². The Labute approximate surface area is 148 Å². The maximum absolute atomic E-state index is 11.8. The van der Waals surface area contributed by atoms with Crippen molar-refractivity contribution >= 4 is 41.0 Å². The van der Waals surface area contributed by atoms with E-state index in [1.165, 1.54) is 18.2 Å². The molecule has 124 valence electrons. The molecule has 2 aromatic carbocycles. The van der Waals surface area contributed by atoms with Crippen LogP contribution in [0.25, 0.3) is 0 Å². The predicted molar refractivity (Wildman–Crippen MR) is 90.0 cm³/mol. The number of carbonyl (C=O) groups excluding carboxylic acids is 3. The minimum absolute atomic E-state index is 0.0591. The van der Waals surface area contributed by atoms with Gasteiger partial charge in [-0.05, 0) is 23.8 Å². The summed E-state index contributed by atoms with van der Waals surface area (Å²) >= 11 is 11.6. The average molecular weight is 366 g/mol. The van der Waals surface area contributed by atoms with Crippen molar-refractivity contribution in [2.75, 3.05) is 6.61 Å². The van der Waals surface area contributed by atoms with E-state index in [9.17, 15) is 14.4 Å². The fourth-order valence-corrected chi connectivity index (χ4v) is 2.37. The van der Waals surface area contributed by atoms with E-state index >= 15 is 0 Å². The van der Waals surface area contributed by atoms with Crippen molar-refractivity contribution in [2.24, 2.45) is 0 Å². The standard InChI is InChI=1S/C17H13Cl2NO4/c18-12-6-7-13(14(19)9-12)17(23)24-10-16(22)20-15(21)8-11-4-2-1-3-5-11/h1-7,9H,8,10H2,(H,20,21,22). The molecule has 0 bridgehead atoms.